The monoisotopic (exact) mass is 382 g/mol. The second kappa shape index (κ2) is 7.71. The number of benzene rings is 1. The molecule has 0 unspecified atom stereocenters. The molecule has 7 nitrogen and oxygen atoms in total. The van der Waals surface area contributed by atoms with Crippen LogP contribution in [0, 0.1) is 5.92 Å². The maximum atomic E-state index is 12.4. The third kappa shape index (κ3) is 4.40. The van der Waals surface area contributed by atoms with E-state index in [0.717, 1.165) is 22.8 Å². The van der Waals surface area contributed by atoms with Crippen LogP contribution in [-0.2, 0) is 0 Å². The van der Waals surface area contributed by atoms with Crippen LogP contribution in [0.2, 0.25) is 0 Å². The fraction of sp³-hybridized carbons (Fsp3) is 0.263. The number of methoxy groups -OCH3 is 1. The first-order valence-corrected chi connectivity index (χ1v) is 9.37. The number of rotatable bonds is 7. The van der Waals surface area contributed by atoms with Crippen molar-refractivity contribution in [2.45, 2.75) is 12.8 Å². The van der Waals surface area contributed by atoms with Crippen molar-refractivity contribution < 1.29 is 14.3 Å². The fourth-order valence-corrected chi connectivity index (χ4v) is 3.00. The molecule has 1 aliphatic rings. The molecule has 3 aromatic rings. The minimum atomic E-state index is -0.287. The highest BCUT2D eigenvalue weighted by atomic mass is 32.1. The fourth-order valence-electron chi connectivity index (χ4n) is 2.41. The van der Waals surface area contributed by atoms with E-state index in [1.54, 1.807) is 19.2 Å². The molecule has 1 amide bonds. The van der Waals surface area contributed by atoms with Gasteiger partial charge in [0.2, 0.25) is 11.0 Å². The summed E-state index contributed by atoms with van der Waals surface area (Å²) in [5, 5.41) is 3.17. The van der Waals surface area contributed by atoms with E-state index in [1.165, 1.54) is 19.0 Å². The molecule has 0 radical (unpaired) electrons. The molecule has 0 aliphatic heterocycles. The quantitative estimate of drug-likeness (QED) is 0.671. The highest BCUT2D eigenvalue weighted by molar-refractivity contribution is 7.10. The molecule has 1 aromatic carbocycles. The van der Waals surface area contributed by atoms with Crippen molar-refractivity contribution in [1.29, 1.82) is 0 Å². The zero-order valence-corrected chi connectivity index (χ0v) is 15.5. The van der Waals surface area contributed by atoms with Gasteiger partial charge in [0.05, 0.1) is 19.3 Å². The van der Waals surface area contributed by atoms with Crippen LogP contribution in [0.15, 0.2) is 42.6 Å². The van der Waals surface area contributed by atoms with Crippen LogP contribution in [0.1, 0.15) is 23.2 Å². The predicted molar refractivity (Wildman–Crippen MR) is 102 cm³/mol. The number of ether oxygens (including phenoxy) is 2. The molecule has 8 heteroatoms. The number of pyridine rings is 1. The number of nitrogens with one attached hydrogen (secondary N) is 1. The molecule has 2 heterocycles. The average Bonchev–Trinajstić information content (AvgIpc) is 3.43. The van der Waals surface area contributed by atoms with Crippen molar-refractivity contribution in [1.82, 2.24) is 14.3 Å². The van der Waals surface area contributed by atoms with Gasteiger partial charge in [-0.25, -0.2) is 4.98 Å². The topological polar surface area (TPSA) is 86.2 Å². The smallest absolute Gasteiger partial charge is 0.259 e. The van der Waals surface area contributed by atoms with Gasteiger partial charge < -0.3 is 9.47 Å². The Kier molecular flexibility index (Phi) is 4.97. The zero-order valence-electron chi connectivity index (χ0n) is 14.7. The molecule has 1 aliphatic carbocycles. The van der Waals surface area contributed by atoms with Gasteiger partial charge in [-0.2, -0.15) is 9.36 Å². The minimum Gasteiger partial charge on any atom is -0.497 e. The number of aromatic nitrogens is 3. The Balaban J connectivity index is 1.39. The molecule has 1 fully saturated rings. The molecular formula is C19H18N4O3S. The average molecular weight is 382 g/mol. The number of carbonyl (C=O) groups excluding carboxylic acids is 1. The summed E-state index contributed by atoms with van der Waals surface area (Å²) in [5.41, 5.74) is 1.26. The lowest BCUT2D eigenvalue weighted by molar-refractivity contribution is 0.102. The minimum absolute atomic E-state index is 0.287. The molecule has 0 saturated heterocycles. The summed E-state index contributed by atoms with van der Waals surface area (Å²) in [6.45, 7) is 0.691. The van der Waals surface area contributed by atoms with Gasteiger partial charge in [0.15, 0.2) is 5.82 Å². The van der Waals surface area contributed by atoms with Gasteiger partial charge in [-0.1, -0.05) is 12.1 Å². The molecule has 27 heavy (non-hydrogen) atoms. The van der Waals surface area contributed by atoms with E-state index in [0.29, 0.717) is 34.9 Å². The predicted octanol–water partition coefficient (Wildman–Crippen LogP) is 3.65. The molecule has 1 saturated carbocycles. The zero-order chi connectivity index (χ0) is 18.6. The van der Waals surface area contributed by atoms with Crippen molar-refractivity contribution in [3.05, 3.63) is 48.2 Å². The van der Waals surface area contributed by atoms with Crippen LogP contribution >= 0.6 is 11.5 Å². The Morgan fingerprint density at radius 2 is 2.19 bits per heavy atom. The number of amides is 1. The molecular weight excluding hydrogens is 364 g/mol. The van der Waals surface area contributed by atoms with Crippen molar-refractivity contribution in [3.63, 3.8) is 0 Å². The molecule has 0 bridgehead atoms. The van der Waals surface area contributed by atoms with Crippen LogP contribution in [0.4, 0.5) is 5.13 Å². The highest BCUT2D eigenvalue weighted by Gasteiger charge is 2.22. The van der Waals surface area contributed by atoms with E-state index in [-0.39, 0.29) is 5.91 Å². The van der Waals surface area contributed by atoms with Gasteiger partial charge in [0.25, 0.3) is 5.91 Å². The van der Waals surface area contributed by atoms with Crippen LogP contribution in [0.25, 0.3) is 11.4 Å². The summed E-state index contributed by atoms with van der Waals surface area (Å²) in [7, 11) is 1.61. The van der Waals surface area contributed by atoms with E-state index in [2.05, 4.69) is 19.7 Å². The van der Waals surface area contributed by atoms with Gasteiger partial charge in [-0.05, 0) is 37.0 Å². The number of nitrogens with zero attached hydrogens (tertiary/aromatic N) is 3. The first-order valence-electron chi connectivity index (χ1n) is 8.59. The van der Waals surface area contributed by atoms with Crippen molar-refractivity contribution >= 4 is 22.6 Å². The van der Waals surface area contributed by atoms with Gasteiger partial charge in [0.1, 0.15) is 5.75 Å². The van der Waals surface area contributed by atoms with E-state index >= 15 is 0 Å². The second-order valence-electron chi connectivity index (χ2n) is 6.25. The summed E-state index contributed by atoms with van der Waals surface area (Å²) in [4.78, 5) is 20.9. The van der Waals surface area contributed by atoms with Crippen molar-refractivity contribution in [2.24, 2.45) is 5.92 Å². The van der Waals surface area contributed by atoms with E-state index in [4.69, 9.17) is 9.47 Å². The van der Waals surface area contributed by atoms with Crippen LogP contribution in [0.3, 0.4) is 0 Å². The lowest BCUT2D eigenvalue weighted by Crippen LogP contribution is -2.12. The molecule has 138 valence electrons. The maximum absolute atomic E-state index is 12.4. The standard InChI is InChI=1S/C19H18N4O3S/c1-25-15-4-2-3-13(9-15)17-21-19(27-23-17)22-18(24)14-7-8-16(20-10-14)26-11-12-5-6-12/h2-4,7-10,12H,5-6,11H2,1H3,(H,21,22,23,24). The third-order valence-electron chi connectivity index (χ3n) is 4.14. The van der Waals surface area contributed by atoms with Gasteiger partial charge >= 0.3 is 0 Å². The third-order valence-corrected chi connectivity index (χ3v) is 4.77. The Hall–Kier alpha value is -3.00. The highest BCUT2D eigenvalue weighted by Crippen LogP contribution is 2.29. The number of carbonyl (C=O) groups is 1. The summed E-state index contributed by atoms with van der Waals surface area (Å²) in [6, 6.07) is 10.8. The van der Waals surface area contributed by atoms with Crippen molar-refractivity contribution in [2.75, 3.05) is 19.0 Å². The van der Waals surface area contributed by atoms with Crippen LogP contribution in [0.5, 0.6) is 11.6 Å². The van der Waals surface area contributed by atoms with E-state index < -0.39 is 0 Å². The van der Waals surface area contributed by atoms with E-state index in [9.17, 15) is 4.79 Å². The molecule has 1 N–H and O–H groups in total. The molecule has 4 rings (SSSR count). The van der Waals surface area contributed by atoms with Crippen LogP contribution < -0.4 is 14.8 Å². The Bertz CT molecular complexity index is 938. The first kappa shape index (κ1) is 17.4. The lowest BCUT2D eigenvalue weighted by Gasteiger charge is -2.05. The largest absolute Gasteiger partial charge is 0.497 e. The number of hydrogen-bond acceptors (Lipinski definition) is 7. The van der Waals surface area contributed by atoms with Gasteiger partial charge in [0, 0.05) is 29.4 Å². The van der Waals surface area contributed by atoms with Crippen LogP contribution in [-0.4, -0.2) is 34.0 Å². The maximum Gasteiger partial charge on any atom is 0.259 e. The SMILES string of the molecule is COc1cccc(-c2nsc(NC(=O)c3ccc(OCC4CC4)nc3)n2)c1. The van der Waals surface area contributed by atoms with Gasteiger partial charge in [-0.15, -0.1) is 0 Å². The van der Waals surface area contributed by atoms with E-state index in [1.807, 2.05) is 24.3 Å². The van der Waals surface area contributed by atoms with Crippen molar-refractivity contribution in [3.8, 4) is 23.0 Å². The molecule has 2 aromatic heterocycles. The summed E-state index contributed by atoms with van der Waals surface area (Å²) in [6.07, 6.45) is 3.95. The van der Waals surface area contributed by atoms with Gasteiger partial charge in [-0.3, -0.25) is 10.1 Å². The normalized spacial score (nSPS) is 13.2. The Morgan fingerprint density at radius 1 is 1.30 bits per heavy atom. The Morgan fingerprint density at radius 3 is 2.93 bits per heavy atom. The number of hydrogen-bond donors (Lipinski definition) is 1. The molecule has 0 spiro atoms. The lowest BCUT2D eigenvalue weighted by atomic mass is 10.2. The number of anilines is 1. The second-order valence-corrected chi connectivity index (χ2v) is 7.00. The summed E-state index contributed by atoms with van der Waals surface area (Å²) < 4.78 is 15.1. The first-order chi connectivity index (χ1) is 13.2. The summed E-state index contributed by atoms with van der Waals surface area (Å²) >= 11 is 1.12. The Labute approximate surface area is 160 Å². The summed E-state index contributed by atoms with van der Waals surface area (Å²) in [5.74, 6) is 2.17. The molecule has 0 atom stereocenters.